The minimum absolute atomic E-state index is 0.101. The minimum Gasteiger partial charge on any atom is -0.431 e. The molecule has 84 valence electrons. The monoisotopic (exact) mass is 208 g/mol. The van der Waals surface area contributed by atoms with Gasteiger partial charge in [0.15, 0.2) is 0 Å². The van der Waals surface area contributed by atoms with Crippen molar-refractivity contribution in [3.05, 3.63) is 24.5 Å². The van der Waals surface area contributed by atoms with Crippen LogP contribution in [0.2, 0.25) is 0 Å². The maximum absolute atomic E-state index is 10.8. The van der Waals surface area contributed by atoms with E-state index in [1.807, 2.05) is 12.2 Å². The highest BCUT2D eigenvalue weighted by Gasteiger charge is 2.12. The molecular formula is C13H20O2. The Labute approximate surface area is 92.0 Å². The first-order valence-electron chi connectivity index (χ1n) is 5.83. The highest BCUT2D eigenvalue weighted by molar-refractivity contribution is 5.75. The maximum atomic E-state index is 10.8. The van der Waals surface area contributed by atoms with E-state index in [1.165, 1.54) is 25.7 Å². The standard InChI is InChI=1S/C13H20O2/c1-2-3-4-5-6-7-8-9-12-10-11-13(14)15-12/h2,10H,1,3-9,11H2. The summed E-state index contributed by atoms with van der Waals surface area (Å²) in [5.74, 6) is 0.780. The zero-order valence-corrected chi connectivity index (χ0v) is 9.34. The van der Waals surface area contributed by atoms with E-state index in [-0.39, 0.29) is 5.97 Å². The fourth-order valence-electron chi connectivity index (χ4n) is 1.70. The molecule has 2 nitrogen and oxygen atoms in total. The predicted molar refractivity (Wildman–Crippen MR) is 61.3 cm³/mol. The van der Waals surface area contributed by atoms with Crippen molar-refractivity contribution in [2.45, 2.75) is 51.4 Å². The first-order chi connectivity index (χ1) is 7.33. The summed E-state index contributed by atoms with van der Waals surface area (Å²) in [4.78, 5) is 10.8. The van der Waals surface area contributed by atoms with E-state index in [1.54, 1.807) is 0 Å². The zero-order chi connectivity index (χ0) is 10.9. The maximum Gasteiger partial charge on any atom is 0.314 e. The van der Waals surface area contributed by atoms with Crippen molar-refractivity contribution >= 4 is 5.97 Å². The summed E-state index contributed by atoms with van der Waals surface area (Å²) >= 11 is 0. The van der Waals surface area contributed by atoms with Gasteiger partial charge in [-0.1, -0.05) is 25.3 Å². The average Bonchev–Trinajstić information content (AvgIpc) is 2.63. The lowest BCUT2D eigenvalue weighted by molar-refractivity contribution is -0.136. The molecule has 1 aliphatic rings. The van der Waals surface area contributed by atoms with Crippen LogP contribution in [0.15, 0.2) is 24.5 Å². The molecule has 1 rings (SSSR count). The lowest BCUT2D eigenvalue weighted by Crippen LogP contribution is -1.93. The van der Waals surface area contributed by atoms with Gasteiger partial charge in [-0.2, -0.15) is 0 Å². The molecule has 0 aromatic rings. The first-order valence-corrected chi connectivity index (χ1v) is 5.83. The molecule has 0 saturated heterocycles. The Kier molecular flexibility index (Phi) is 5.83. The minimum atomic E-state index is -0.101. The van der Waals surface area contributed by atoms with Crippen molar-refractivity contribution in [1.82, 2.24) is 0 Å². The van der Waals surface area contributed by atoms with Crippen LogP contribution in [0, 0.1) is 0 Å². The van der Waals surface area contributed by atoms with Crippen LogP contribution in [-0.2, 0) is 9.53 Å². The van der Waals surface area contributed by atoms with Crippen LogP contribution in [0.5, 0.6) is 0 Å². The van der Waals surface area contributed by atoms with Crippen LogP contribution < -0.4 is 0 Å². The lowest BCUT2D eigenvalue weighted by atomic mass is 10.1. The van der Waals surface area contributed by atoms with Gasteiger partial charge in [0.2, 0.25) is 0 Å². The Bertz CT molecular complexity index is 241. The summed E-state index contributed by atoms with van der Waals surface area (Å²) in [7, 11) is 0. The number of ether oxygens (including phenoxy) is 1. The third-order valence-corrected chi connectivity index (χ3v) is 2.57. The second-order valence-electron chi connectivity index (χ2n) is 3.94. The van der Waals surface area contributed by atoms with Gasteiger partial charge in [0, 0.05) is 6.42 Å². The highest BCUT2D eigenvalue weighted by atomic mass is 16.5. The second kappa shape index (κ2) is 7.27. The molecule has 0 radical (unpaired) electrons. The quantitative estimate of drug-likeness (QED) is 0.345. The van der Waals surface area contributed by atoms with Crippen molar-refractivity contribution in [1.29, 1.82) is 0 Å². The normalized spacial score (nSPS) is 14.9. The second-order valence-corrected chi connectivity index (χ2v) is 3.94. The van der Waals surface area contributed by atoms with E-state index in [2.05, 4.69) is 6.58 Å². The van der Waals surface area contributed by atoms with Gasteiger partial charge in [0.05, 0.1) is 6.42 Å². The van der Waals surface area contributed by atoms with Gasteiger partial charge in [-0.25, -0.2) is 0 Å². The fourth-order valence-corrected chi connectivity index (χ4v) is 1.70. The molecule has 0 fully saturated rings. The summed E-state index contributed by atoms with van der Waals surface area (Å²) in [6.45, 7) is 3.70. The first kappa shape index (κ1) is 12.0. The van der Waals surface area contributed by atoms with Gasteiger partial charge >= 0.3 is 5.97 Å². The van der Waals surface area contributed by atoms with E-state index in [4.69, 9.17) is 4.74 Å². The van der Waals surface area contributed by atoms with Crippen LogP contribution in [0.25, 0.3) is 0 Å². The molecule has 0 bridgehead atoms. The highest BCUT2D eigenvalue weighted by Crippen LogP contribution is 2.18. The predicted octanol–water partition coefficient (Wildman–Crippen LogP) is 3.73. The fraction of sp³-hybridized carbons (Fsp3) is 0.615. The van der Waals surface area contributed by atoms with Crippen LogP contribution in [0.1, 0.15) is 51.4 Å². The number of esters is 1. The number of hydrogen-bond acceptors (Lipinski definition) is 2. The van der Waals surface area contributed by atoms with Gasteiger partial charge in [0.1, 0.15) is 5.76 Å². The number of cyclic esters (lactones) is 1. The molecule has 0 amide bonds. The molecule has 1 heterocycles. The number of allylic oxidation sites excluding steroid dienone is 2. The van der Waals surface area contributed by atoms with Gasteiger partial charge in [-0.3, -0.25) is 4.79 Å². The number of carbonyl (C=O) groups excluding carboxylic acids is 1. The molecule has 0 aliphatic carbocycles. The van der Waals surface area contributed by atoms with E-state index in [0.29, 0.717) is 6.42 Å². The zero-order valence-electron chi connectivity index (χ0n) is 9.34. The van der Waals surface area contributed by atoms with Crippen LogP contribution in [0.3, 0.4) is 0 Å². The summed E-state index contributed by atoms with van der Waals surface area (Å²) in [6, 6.07) is 0. The Morgan fingerprint density at radius 2 is 2.00 bits per heavy atom. The van der Waals surface area contributed by atoms with E-state index < -0.39 is 0 Å². The van der Waals surface area contributed by atoms with E-state index in [0.717, 1.165) is 25.0 Å². The van der Waals surface area contributed by atoms with Crippen molar-refractivity contribution in [3.8, 4) is 0 Å². The molecule has 0 aromatic carbocycles. The van der Waals surface area contributed by atoms with Crippen LogP contribution in [0.4, 0.5) is 0 Å². The lowest BCUT2D eigenvalue weighted by Gasteiger charge is -2.02. The molecule has 0 aromatic heterocycles. The summed E-state index contributed by atoms with van der Waals surface area (Å²) in [5.41, 5.74) is 0. The third-order valence-electron chi connectivity index (χ3n) is 2.57. The molecule has 0 N–H and O–H groups in total. The number of unbranched alkanes of at least 4 members (excludes halogenated alkanes) is 5. The molecular weight excluding hydrogens is 188 g/mol. The molecule has 0 unspecified atom stereocenters. The largest absolute Gasteiger partial charge is 0.431 e. The Hall–Kier alpha value is -1.05. The molecule has 2 heteroatoms. The third kappa shape index (κ3) is 5.40. The Morgan fingerprint density at radius 3 is 2.67 bits per heavy atom. The van der Waals surface area contributed by atoms with E-state index in [9.17, 15) is 4.79 Å². The van der Waals surface area contributed by atoms with Gasteiger partial charge in [-0.05, 0) is 25.3 Å². The van der Waals surface area contributed by atoms with Gasteiger partial charge < -0.3 is 4.74 Å². The molecule has 0 atom stereocenters. The molecule has 15 heavy (non-hydrogen) atoms. The summed E-state index contributed by atoms with van der Waals surface area (Å²) in [6.07, 6.45) is 12.6. The van der Waals surface area contributed by atoms with Crippen molar-refractivity contribution in [2.24, 2.45) is 0 Å². The smallest absolute Gasteiger partial charge is 0.314 e. The number of hydrogen-bond donors (Lipinski definition) is 0. The Morgan fingerprint density at radius 1 is 1.27 bits per heavy atom. The molecule has 1 aliphatic heterocycles. The average molecular weight is 208 g/mol. The number of rotatable bonds is 8. The van der Waals surface area contributed by atoms with Crippen LogP contribution >= 0.6 is 0 Å². The Balaban J connectivity index is 1.89. The topological polar surface area (TPSA) is 26.3 Å². The van der Waals surface area contributed by atoms with Crippen molar-refractivity contribution in [3.63, 3.8) is 0 Å². The molecule has 0 saturated carbocycles. The van der Waals surface area contributed by atoms with Crippen LogP contribution in [-0.4, -0.2) is 5.97 Å². The van der Waals surface area contributed by atoms with Crippen molar-refractivity contribution in [2.75, 3.05) is 0 Å². The summed E-state index contributed by atoms with van der Waals surface area (Å²) < 4.78 is 5.02. The van der Waals surface area contributed by atoms with Gasteiger partial charge in [0.25, 0.3) is 0 Å². The summed E-state index contributed by atoms with van der Waals surface area (Å²) in [5, 5.41) is 0. The van der Waals surface area contributed by atoms with E-state index >= 15 is 0 Å². The van der Waals surface area contributed by atoms with Gasteiger partial charge in [-0.15, -0.1) is 6.58 Å². The van der Waals surface area contributed by atoms with Crippen molar-refractivity contribution < 1.29 is 9.53 Å². The SMILES string of the molecule is C=CCCCCCCCC1=CCC(=O)O1. The number of carbonyl (C=O) groups is 1. The molecule has 0 spiro atoms.